The van der Waals surface area contributed by atoms with Crippen molar-refractivity contribution in [3.05, 3.63) is 65.0 Å². The molecule has 2 aromatic carbocycles. The van der Waals surface area contributed by atoms with Crippen molar-refractivity contribution in [2.45, 2.75) is 25.1 Å². The van der Waals surface area contributed by atoms with Crippen LogP contribution in [-0.2, 0) is 17.1 Å². The fourth-order valence-corrected chi connectivity index (χ4v) is 5.01. The highest BCUT2D eigenvalue weighted by Crippen LogP contribution is 2.22. The number of thioether (sulfide) groups is 1. The van der Waals surface area contributed by atoms with Gasteiger partial charge in [-0.2, -0.15) is 16.7 Å². The van der Waals surface area contributed by atoms with Gasteiger partial charge in [0.2, 0.25) is 17.6 Å². The van der Waals surface area contributed by atoms with Gasteiger partial charge in [0.1, 0.15) is 5.75 Å². The first-order valence-corrected chi connectivity index (χ1v) is 12.9. The van der Waals surface area contributed by atoms with Crippen molar-refractivity contribution >= 4 is 29.3 Å². The molecule has 1 amide bonds. The standard InChI is InChI=1S/C25H29ClN4O3S/c1-32-22-9-7-19(8-10-22)24-28-23(33-29-24)16-30-12-3-5-20(15-30)25(31)27-11-13-34-17-18-4-2-6-21(26)14-18/h2,4,6-10,14,20H,3,5,11-13,15-17H2,1H3,(H,27,31). The number of nitrogens with one attached hydrogen (secondary N) is 1. The summed E-state index contributed by atoms with van der Waals surface area (Å²) in [6.45, 7) is 2.82. The van der Waals surface area contributed by atoms with Crippen LogP contribution in [0.15, 0.2) is 53.1 Å². The zero-order valence-corrected chi connectivity index (χ0v) is 20.8. The molecule has 0 spiro atoms. The number of aromatic nitrogens is 2. The van der Waals surface area contributed by atoms with Crippen molar-refractivity contribution in [1.29, 1.82) is 0 Å². The highest BCUT2D eigenvalue weighted by atomic mass is 35.5. The Hall–Kier alpha value is -2.55. The smallest absolute Gasteiger partial charge is 0.241 e. The minimum Gasteiger partial charge on any atom is -0.497 e. The quantitative estimate of drug-likeness (QED) is 0.405. The van der Waals surface area contributed by atoms with Gasteiger partial charge in [-0.05, 0) is 61.3 Å². The van der Waals surface area contributed by atoms with Crippen LogP contribution in [0.2, 0.25) is 5.02 Å². The second-order valence-electron chi connectivity index (χ2n) is 8.29. The molecule has 4 rings (SSSR count). The molecule has 1 aliphatic rings. The van der Waals surface area contributed by atoms with Crippen LogP contribution < -0.4 is 10.1 Å². The highest BCUT2D eigenvalue weighted by molar-refractivity contribution is 7.98. The number of piperidine rings is 1. The van der Waals surface area contributed by atoms with Crippen molar-refractivity contribution in [3.63, 3.8) is 0 Å². The summed E-state index contributed by atoms with van der Waals surface area (Å²) in [7, 11) is 1.63. The van der Waals surface area contributed by atoms with E-state index in [2.05, 4.69) is 26.4 Å². The number of rotatable bonds is 10. The third-order valence-corrected chi connectivity index (χ3v) is 7.02. The number of halogens is 1. The summed E-state index contributed by atoms with van der Waals surface area (Å²) in [5, 5.41) is 7.95. The number of benzene rings is 2. The summed E-state index contributed by atoms with van der Waals surface area (Å²) in [6.07, 6.45) is 1.87. The summed E-state index contributed by atoms with van der Waals surface area (Å²) in [4.78, 5) is 19.4. The molecule has 0 saturated carbocycles. The minimum absolute atomic E-state index is 0.0179. The molecule has 2 heterocycles. The molecule has 1 aromatic heterocycles. The minimum atomic E-state index is -0.0179. The van der Waals surface area contributed by atoms with E-state index in [0.717, 1.165) is 47.2 Å². The van der Waals surface area contributed by atoms with Crippen LogP contribution in [0.4, 0.5) is 0 Å². The van der Waals surface area contributed by atoms with Crippen LogP contribution in [0, 0.1) is 5.92 Å². The van der Waals surface area contributed by atoms with Crippen LogP contribution in [0.25, 0.3) is 11.4 Å². The third kappa shape index (κ3) is 6.98. The lowest BCUT2D eigenvalue weighted by Crippen LogP contribution is -2.43. The fourth-order valence-electron chi connectivity index (χ4n) is 3.99. The summed E-state index contributed by atoms with van der Waals surface area (Å²) in [5.74, 6) is 3.75. The van der Waals surface area contributed by atoms with Crippen molar-refractivity contribution in [1.82, 2.24) is 20.4 Å². The first-order valence-electron chi connectivity index (χ1n) is 11.4. The van der Waals surface area contributed by atoms with E-state index in [4.69, 9.17) is 20.9 Å². The Labute approximate surface area is 209 Å². The number of likely N-dealkylation sites (tertiary alicyclic amines) is 1. The molecule has 1 atom stereocenters. The summed E-state index contributed by atoms with van der Waals surface area (Å²) in [5.41, 5.74) is 2.07. The number of carbonyl (C=O) groups is 1. The fraction of sp³-hybridized carbons (Fsp3) is 0.400. The number of methoxy groups -OCH3 is 1. The van der Waals surface area contributed by atoms with Gasteiger partial charge >= 0.3 is 0 Å². The zero-order valence-electron chi connectivity index (χ0n) is 19.2. The zero-order chi connectivity index (χ0) is 23.8. The molecule has 3 aromatic rings. The van der Waals surface area contributed by atoms with Gasteiger partial charge in [0.25, 0.3) is 0 Å². The Balaban J connectivity index is 1.20. The van der Waals surface area contributed by atoms with E-state index >= 15 is 0 Å². The lowest BCUT2D eigenvalue weighted by atomic mass is 9.97. The van der Waals surface area contributed by atoms with E-state index < -0.39 is 0 Å². The molecule has 0 radical (unpaired) electrons. The number of ether oxygens (including phenoxy) is 1. The summed E-state index contributed by atoms with van der Waals surface area (Å²) < 4.78 is 10.7. The number of amides is 1. The first-order chi connectivity index (χ1) is 16.6. The summed E-state index contributed by atoms with van der Waals surface area (Å²) >= 11 is 7.82. The van der Waals surface area contributed by atoms with Crippen LogP contribution >= 0.6 is 23.4 Å². The van der Waals surface area contributed by atoms with Gasteiger partial charge in [-0.25, -0.2) is 0 Å². The molecule has 0 aliphatic carbocycles. The Morgan fingerprint density at radius 2 is 2.15 bits per heavy atom. The van der Waals surface area contributed by atoms with E-state index in [1.807, 2.05) is 42.5 Å². The van der Waals surface area contributed by atoms with E-state index in [1.54, 1.807) is 18.9 Å². The van der Waals surface area contributed by atoms with Crippen LogP contribution in [0.3, 0.4) is 0 Å². The average Bonchev–Trinajstić information content (AvgIpc) is 3.32. The number of carbonyl (C=O) groups excluding carboxylic acids is 1. The molecule has 0 bridgehead atoms. The predicted molar refractivity (Wildman–Crippen MR) is 135 cm³/mol. The Bertz CT molecular complexity index is 1080. The van der Waals surface area contributed by atoms with Crippen molar-refractivity contribution in [2.75, 3.05) is 32.5 Å². The van der Waals surface area contributed by atoms with E-state index in [0.29, 0.717) is 31.3 Å². The molecule has 9 heteroatoms. The molecule has 1 fully saturated rings. The second kappa shape index (κ2) is 12.2. The Kier molecular flexibility index (Phi) is 8.85. The van der Waals surface area contributed by atoms with Gasteiger partial charge in [-0.3, -0.25) is 9.69 Å². The van der Waals surface area contributed by atoms with Crippen molar-refractivity contribution < 1.29 is 14.1 Å². The largest absolute Gasteiger partial charge is 0.497 e. The van der Waals surface area contributed by atoms with Crippen LogP contribution in [0.1, 0.15) is 24.3 Å². The number of nitrogens with zero attached hydrogens (tertiary/aromatic N) is 3. The molecule has 1 aliphatic heterocycles. The summed E-state index contributed by atoms with van der Waals surface area (Å²) in [6, 6.07) is 15.4. The molecule has 1 N–H and O–H groups in total. The topological polar surface area (TPSA) is 80.5 Å². The normalized spacial score (nSPS) is 16.4. The van der Waals surface area contributed by atoms with Gasteiger partial charge in [0, 0.05) is 35.2 Å². The van der Waals surface area contributed by atoms with E-state index in [9.17, 15) is 4.79 Å². The Morgan fingerprint density at radius 1 is 1.29 bits per heavy atom. The van der Waals surface area contributed by atoms with Crippen molar-refractivity contribution in [2.24, 2.45) is 5.92 Å². The molecular weight excluding hydrogens is 472 g/mol. The van der Waals surface area contributed by atoms with Gasteiger partial charge in [-0.15, -0.1) is 0 Å². The maximum absolute atomic E-state index is 12.7. The van der Waals surface area contributed by atoms with Gasteiger partial charge in [0.15, 0.2) is 0 Å². The molecule has 180 valence electrons. The lowest BCUT2D eigenvalue weighted by molar-refractivity contribution is -0.126. The van der Waals surface area contributed by atoms with Gasteiger partial charge in [0.05, 0.1) is 19.6 Å². The van der Waals surface area contributed by atoms with Crippen LogP contribution in [0.5, 0.6) is 5.75 Å². The maximum atomic E-state index is 12.7. The number of hydrogen-bond donors (Lipinski definition) is 1. The highest BCUT2D eigenvalue weighted by Gasteiger charge is 2.26. The average molecular weight is 501 g/mol. The monoisotopic (exact) mass is 500 g/mol. The van der Waals surface area contributed by atoms with E-state index in [-0.39, 0.29) is 11.8 Å². The second-order valence-corrected chi connectivity index (χ2v) is 9.83. The lowest BCUT2D eigenvalue weighted by Gasteiger charge is -2.30. The predicted octanol–water partition coefficient (Wildman–Crippen LogP) is 4.66. The molecular formula is C25H29ClN4O3S. The van der Waals surface area contributed by atoms with Gasteiger partial charge in [-0.1, -0.05) is 28.9 Å². The molecule has 1 unspecified atom stereocenters. The van der Waals surface area contributed by atoms with E-state index in [1.165, 1.54) is 5.56 Å². The maximum Gasteiger partial charge on any atom is 0.241 e. The first kappa shape index (κ1) is 24.6. The number of hydrogen-bond acceptors (Lipinski definition) is 7. The Morgan fingerprint density at radius 3 is 2.94 bits per heavy atom. The third-order valence-electron chi connectivity index (χ3n) is 5.75. The van der Waals surface area contributed by atoms with Gasteiger partial charge < -0.3 is 14.6 Å². The molecule has 1 saturated heterocycles. The molecule has 34 heavy (non-hydrogen) atoms. The van der Waals surface area contributed by atoms with Crippen LogP contribution in [-0.4, -0.2) is 53.4 Å². The molecule has 7 nitrogen and oxygen atoms in total. The van der Waals surface area contributed by atoms with Crippen molar-refractivity contribution in [3.8, 4) is 17.1 Å². The SMILES string of the molecule is COc1ccc(-c2noc(CN3CCCC(C(=O)NCCSCc4cccc(Cl)c4)C3)n2)cc1.